The Morgan fingerprint density at radius 3 is 2.69 bits per heavy atom. The molecule has 0 saturated carbocycles. The van der Waals surface area contributed by atoms with E-state index in [9.17, 15) is 9.18 Å². The highest BCUT2D eigenvalue weighted by molar-refractivity contribution is 5.82. The van der Waals surface area contributed by atoms with Gasteiger partial charge < -0.3 is 14.5 Å². The maximum atomic E-state index is 13.4. The second kappa shape index (κ2) is 8.22. The number of piperazine rings is 1. The number of anilines is 1. The Bertz CT molecular complexity index is 1010. The Morgan fingerprint density at radius 1 is 1.14 bits per heavy atom. The molecule has 3 aromatic rings. The number of halogens is 1. The van der Waals surface area contributed by atoms with Crippen LogP contribution in [0.3, 0.4) is 0 Å². The van der Waals surface area contributed by atoms with E-state index in [0.29, 0.717) is 31.3 Å². The Balaban J connectivity index is 1.45. The standard InChI is InChI=1S/C21H20FN5O2/c1-29-18-7-5-16(6-8-18)19-12-23-25-21(24-19)27-10-9-26(20(28)14-27)13-15-3-2-4-17(22)11-15/h2-8,11-12H,9-10,13-14H2,1H3. The third-order valence-electron chi connectivity index (χ3n) is 4.80. The summed E-state index contributed by atoms with van der Waals surface area (Å²) in [5, 5.41) is 8.15. The van der Waals surface area contributed by atoms with Gasteiger partial charge in [0.25, 0.3) is 0 Å². The lowest BCUT2D eigenvalue weighted by Crippen LogP contribution is -2.50. The van der Waals surface area contributed by atoms with Gasteiger partial charge in [-0.25, -0.2) is 9.37 Å². The quantitative estimate of drug-likeness (QED) is 0.663. The molecule has 0 spiro atoms. The zero-order valence-corrected chi connectivity index (χ0v) is 16.0. The number of nitrogens with zero attached hydrogens (tertiary/aromatic N) is 5. The van der Waals surface area contributed by atoms with Crippen molar-refractivity contribution in [3.8, 4) is 17.0 Å². The van der Waals surface area contributed by atoms with E-state index in [1.807, 2.05) is 35.2 Å². The minimum atomic E-state index is -0.302. The van der Waals surface area contributed by atoms with Crippen LogP contribution in [0.4, 0.5) is 10.3 Å². The predicted molar refractivity (Wildman–Crippen MR) is 106 cm³/mol. The maximum absolute atomic E-state index is 13.4. The van der Waals surface area contributed by atoms with E-state index in [1.165, 1.54) is 12.1 Å². The van der Waals surface area contributed by atoms with Crippen LogP contribution < -0.4 is 9.64 Å². The maximum Gasteiger partial charge on any atom is 0.246 e. The Hall–Kier alpha value is -3.55. The van der Waals surface area contributed by atoms with Crippen LogP contribution in [-0.2, 0) is 11.3 Å². The van der Waals surface area contributed by atoms with Crippen LogP contribution in [0.15, 0.2) is 54.7 Å². The molecule has 29 heavy (non-hydrogen) atoms. The van der Waals surface area contributed by atoms with Gasteiger partial charge in [0, 0.05) is 25.2 Å². The smallest absolute Gasteiger partial charge is 0.246 e. The van der Waals surface area contributed by atoms with E-state index in [-0.39, 0.29) is 18.3 Å². The van der Waals surface area contributed by atoms with Gasteiger partial charge in [-0.05, 0) is 42.0 Å². The molecule has 0 N–H and O–H groups in total. The van der Waals surface area contributed by atoms with Crippen molar-refractivity contribution in [3.63, 3.8) is 0 Å². The van der Waals surface area contributed by atoms with Gasteiger partial charge in [0.2, 0.25) is 11.9 Å². The molecule has 1 aliphatic rings. The first-order chi connectivity index (χ1) is 14.1. The van der Waals surface area contributed by atoms with Crippen molar-refractivity contribution in [2.45, 2.75) is 6.54 Å². The molecule has 1 aromatic heterocycles. The largest absolute Gasteiger partial charge is 0.497 e. The molecule has 4 rings (SSSR count). The lowest BCUT2D eigenvalue weighted by Gasteiger charge is -2.34. The fourth-order valence-corrected chi connectivity index (χ4v) is 3.23. The molecule has 0 unspecified atom stereocenters. The number of aromatic nitrogens is 3. The first-order valence-electron chi connectivity index (χ1n) is 9.24. The average Bonchev–Trinajstić information content (AvgIpc) is 2.75. The van der Waals surface area contributed by atoms with Crippen LogP contribution in [0.5, 0.6) is 5.75 Å². The normalized spacial score (nSPS) is 14.2. The van der Waals surface area contributed by atoms with E-state index in [4.69, 9.17) is 4.74 Å². The van der Waals surface area contributed by atoms with Gasteiger partial charge in [0.1, 0.15) is 18.1 Å². The third-order valence-corrected chi connectivity index (χ3v) is 4.80. The molecular weight excluding hydrogens is 373 g/mol. The minimum Gasteiger partial charge on any atom is -0.497 e. The van der Waals surface area contributed by atoms with Crippen molar-refractivity contribution in [1.82, 2.24) is 20.1 Å². The fourth-order valence-electron chi connectivity index (χ4n) is 3.23. The molecule has 148 valence electrons. The summed E-state index contributed by atoms with van der Waals surface area (Å²) in [7, 11) is 1.62. The Labute approximate surface area is 167 Å². The molecule has 1 amide bonds. The summed E-state index contributed by atoms with van der Waals surface area (Å²) in [6, 6.07) is 13.8. The van der Waals surface area contributed by atoms with Crippen LogP contribution in [-0.4, -0.2) is 52.7 Å². The molecular formula is C21H20FN5O2. The lowest BCUT2D eigenvalue weighted by atomic mass is 10.1. The second-order valence-corrected chi connectivity index (χ2v) is 6.74. The summed E-state index contributed by atoms with van der Waals surface area (Å²) < 4.78 is 18.6. The molecule has 0 atom stereocenters. The van der Waals surface area contributed by atoms with Crippen molar-refractivity contribution in [3.05, 3.63) is 66.1 Å². The van der Waals surface area contributed by atoms with Crippen LogP contribution >= 0.6 is 0 Å². The first kappa shape index (κ1) is 18.8. The van der Waals surface area contributed by atoms with Gasteiger partial charge in [-0.15, -0.1) is 5.10 Å². The van der Waals surface area contributed by atoms with Crippen molar-refractivity contribution >= 4 is 11.9 Å². The molecule has 1 fully saturated rings. The molecule has 0 bridgehead atoms. The summed E-state index contributed by atoms with van der Waals surface area (Å²) in [6.07, 6.45) is 1.59. The van der Waals surface area contributed by atoms with Crippen LogP contribution in [0.2, 0.25) is 0 Å². The van der Waals surface area contributed by atoms with E-state index in [1.54, 1.807) is 24.3 Å². The number of hydrogen-bond acceptors (Lipinski definition) is 6. The molecule has 2 aromatic carbocycles. The number of benzene rings is 2. The van der Waals surface area contributed by atoms with Crippen LogP contribution in [0.1, 0.15) is 5.56 Å². The van der Waals surface area contributed by atoms with E-state index in [2.05, 4.69) is 15.2 Å². The fraction of sp³-hybridized carbons (Fsp3) is 0.238. The number of rotatable bonds is 5. The zero-order valence-electron chi connectivity index (χ0n) is 16.0. The molecule has 0 aliphatic carbocycles. The van der Waals surface area contributed by atoms with Crippen molar-refractivity contribution in [2.24, 2.45) is 0 Å². The number of carbonyl (C=O) groups excluding carboxylic acids is 1. The number of methoxy groups -OCH3 is 1. The van der Waals surface area contributed by atoms with Gasteiger partial charge in [-0.2, -0.15) is 5.10 Å². The monoisotopic (exact) mass is 393 g/mol. The van der Waals surface area contributed by atoms with E-state index in [0.717, 1.165) is 16.9 Å². The third kappa shape index (κ3) is 4.31. The molecule has 1 saturated heterocycles. The molecule has 0 radical (unpaired) electrons. The highest BCUT2D eigenvalue weighted by atomic mass is 19.1. The average molecular weight is 393 g/mol. The summed E-state index contributed by atoms with van der Waals surface area (Å²) in [6.45, 7) is 1.62. The number of ether oxygens (including phenoxy) is 1. The van der Waals surface area contributed by atoms with Crippen molar-refractivity contribution in [2.75, 3.05) is 31.6 Å². The van der Waals surface area contributed by atoms with Crippen LogP contribution in [0, 0.1) is 5.82 Å². The number of carbonyl (C=O) groups is 1. The molecule has 8 heteroatoms. The lowest BCUT2D eigenvalue weighted by molar-refractivity contribution is -0.131. The minimum absolute atomic E-state index is 0.0565. The summed E-state index contributed by atoms with van der Waals surface area (Å²) >= 11 is 0. The van der Waals surface area contributed by atoms with Gasteiger partial charge >= 0.3 is 0 Å². The van der Waals surface area contributed by atoms with Gasteiger partial charge in [-0.1, -0.05) is 12.1 Å². The first-order valence-corrected chi connectivity index (χ1v) is 9.24. The van der Waals surface area contributed by atoms with E-state index >= 15 is 0 Å². The highest BCUT2D eigenvalue weighted by Gasteiger charge is 2.26. The van der Waals surface area contributed by atoms with Crippen molar-refractivity contribution in [1.29, 1.82) is 0 Å². The van der Waals surface area contributed by atoms with Crippen LogP contribution in [0.25, 0.3) is 11.3 Å². The van der Waals surface area contributed by atoms with Gasteiger partial charge in [0.15, 0.2) is 0 Å². The Kier molecular flexibility index (Phi) is 5.33. The Morgan fingerprint density at radius 2 is 1.97 bits per heavy atom. The summed E-state index contributed by atoms with van der Waals surface area (Å²) in [5.74, 6) is 0.815. The summed E-state index contributed by atoms with van der Waals surface area (Å²) in [4.78, 5) is 20.7. The second-order valence-electron chi connectivity index (χ2n) is 6.74. The number of amides is 1. The zero-order chi connectivity index (χ0) is 20.2. The SMILES string of the molecule is COc1ccc(-c2cnnc(N3CCN(Cc4cccc(F)c4)C(=O)C3)n2)cc1. The molecule has 7 nitrogen and oxygen atoms in total. The number of hydrogen-bond donors (Lipinski definition) is 0. The summed E-state index contributed by atoms with van der Waals surface area (Å²) in [5.41, 5.74) is 2.33. The molecule has 1 aliphatic heterocycles. The van der Waals surface area contributed by atoms with Gasteiger partial charge in [-0.3, -0.25) is 4.79 Å². The van der Waals surface area contributed by atoms with Gasteiger partial charge in [0.05, 0.1) is 19.0 Å². The molecule has 2 heterocycles. The predicted octanol–water partition coefficient (Wildman–Crippen LogP) is 2.54. The topological polar surface area (TPSA) is 71.5 Å². The van der Waals surface area contributed by atoms with E-state index < -0.39 is 0 Å². The van der Waals surface area contributed by atoms with Crippen molar-refractivity contribution < 1.29 is 13.9 Å². The highest BCUT2D eigenvalue weighted by Crippen LogP contribution is 2.22.